The van der Waals surface area contributed by atoms with Gasteiger partial charge in [0.2, 0.25) is 5.75 Å². The van der Waals surface area contributed by atoms with Crippen LogP contribution in [0, 0.1) is 0 Å². The molecule has 0 saturated heterocycles. The van der Waals surface area contributed by atoms with Gasteiger partial charge in [-0.05, 0) is 78.7 Å². The Morgan fingerprint density at radius 2 is 1.90 bits per heavy atom. The molecule has 0 aliphatic rings. The highest BCUT2D eigenvalue weighted by atomic mass is 16.5. The molecule has 0 spiro atoms. The summed E-state index contributed by atoms with van der Waals surface area (Å²) in [4.78, 5) is 13.1. The summed E-state index contributed by atoms with van der Waals surface area (Å²) in [6, 6.07) is 5.52. The number of hydrogen-bond acceptors (Lipinski definition) is 4. The maximum absolute atomic E-state index is 13.1. The number of ether oxygens (including phenoxy) is 2. The van der Waals surface area contributed by atoms with Crippen LogP contribution in [0.2, 0.25) is 0 Å². The van der Waals surface area contributed by atoms with Crippen LogP contribution in [0.15, 0.2) is 46.3 Å². The van der Waals surface area contributed by atoms with Crippen LogP contribution in [0.4, 0.5) is 5.69 Å². The van der Waals surface area contributed by atoms with Crippen molar-refractivity contribution >= 4 is 16.6 Å². The number of aromatic nitrogens is 1. The van der Waals surface area contributed by atoms with E-state index in [-0.39, 0.29) is 17.4 Å². The first-order valence-corrected chi connectivity index (χ1v) is 10.3. The second-order valence-electron chi connectivity index (χ2n) is 7.83. The predicted molar refractivity (Wildman–Crippen MR) is 122 cm³/mol. The number of allylic oxidation sites excluding steroid dienone is 3. The minimum atomic E-state index is -0.196. The van der Waals surface area contributed by atoms with Crippen molar-refractivity contribution in [3.05, 3.63) is 51.9 Å². The summed E-state index contributed by atoms with van der Waals surface area (Å²) in [5, 5.41) is 0.826. The Morgan fingerprint density at radius 1 is 1.17 bits per heavy atom. The fourth-order valence-corrected chi connectivity index (χ4v) is 3.17. The number of nitrogens with zero attached hydrogens (tertiary/aromatic N) is 1. The molecule has 158 valence electrons. The Hall–Kier alpha value is -2.69. The van der Waals surface area contributed by atoms with Gasteiger partial charge in [-0.25, -0.2) is 0 Å². The molecule has 0 aliphatic carbocycles. The average molecular weight is 399 g/mol. The number of benzene rings is 1. The van der Waals surface area contributed by atoms with Gasteiger partial charge in [-0.1, -0.05) is 17.2 Å². The van der Waals surface area contributed by atoms with Gasteiger partial charge < -0.3 is 19.8 Å². The van der Waals surface area contributed by atoms with E-state index in [4.69, 9.17) is 15.2 Å². The lowest BCUT2D eigenvalue weighted by molar-refractivity contribution is 0.222. The van der Waals surface area contributed by atoms with E-state index in [1.54, 1.807) is 4.57 Å². The first-order chi connectivity index (χ1) is 13.7. The molecular weight excluding hydrogens is 364 g/mol. The van der Waals surface area contributed by atoms with Crippen LogP contribution < -0.4 is 20.8 Å². The second-order valence-corrected chi connectivity index (χ2v) is 7.83. The smallest absolute Gasteiger partial charge is 0.297 e. The summed E-state index contributed by atoms with van der Waals surface area (Å²) in [5.41, 5.74) is 9.72. The zero-order chi connectivity index (χ0) is 21.6. The molecule has 1 aromatic carbocycles. The van der Waals surface area contributed by atoms with Crippen LogP contribution in [0.25, 0.3) is 10.9 Å². The van der Waals surface area contributed by atoms with Crippen molar-refractivity contribution in [2.24, 2.45) is 0 Å². The number of fused-ring (bicyclic) bond motifs is 1. The van der Waals surface area contributed by atoms with Crippen LogP contribution in [-0.2, 0) is 6.54 Å². The van der Waals surface area contributed by atoms with Crippen LogP contribution in [-0.4, -0.2) is 17.3 Å². The third-order valence-electron chi connectivity index (χ3n) is 4.62. The second kappa shape index (κ2) is 10.2. The highest BCUT2D eigenvalue weighted by Gasteiger charge is 2.20. The zero-order valence-electron chi connectivity index (χ0n) is 18.5. The highest BCUT2D eigenvalue weighted by Crippen LogP contribution is 2.34. The molecule has 5 nitrogen and oxygen atoms in total. The molecule has 5 heteroatoms. The molecule has 0 bridgehead atoms. The first-order valence-electron chi connectivity index (χ1n) is 10.3. The topological polar surface area (TPSA) is 66.5 Å². The zero-order valence-corrected chi connectivity index (χ0v) is 18.5. The van der Waals surface area contributed by atoms with E-state index < -0.39 is 0 Å². The van der Waals surface area contributed by atoms with E-state index in [0.717, 1.165) is 23.7 Å². The molecule has 0 aliphatic heterocycles. The Morgan fingerprint density at radius 3 is 2.52 bits per heavy atom. The van der Waals surface area contributed by atoms with Gasteiger partial charge in [-0.3, -0.25) is 4.79 Å². The van der Waals surface area contributed by atoms with Crippen LogP contribution in [0.5, 0.6) is 11.5 Å². The standard InChI is InChI=1S/C24H34N2O3/c1-7-26-21-15-19(25)11-12-20(21)22(23(24(26)27)29-17(4)5)28-14-13-18(6)10-8-9-16(2)3/h9,11-13,15,17H,7-8,10,14,25H2,1-6H3/b18-13+. The first kappa shape index (κ1) is 22.6. The fraction of sp³-hybridized carbons (Fsp3) is 0.458. The normalized spacial score (nSPS) is 11.8. The van der Waals surface area contributed by atoms with E-state index in [9.17, 15) is 4.79 Å². The van der Waals surface area contributed by atoms with E-state index >= 15 is 0 Å². The van der Waals surface area contributed by atoms with Crippen molar-refractivity contribution in [3.8, 4) is 11.5 Å². The minimum absolute atomic E-state index is 0.136. The van der Waals surface area contributed by atoms with Gasteiger partial charge in [0.05, 0.1) is 11.6 Å². The third-order valence-corrected chi connectivity index (χ3v) is 4.62. The lowest BCUT2D eigenvalue weighted by atomic mass is 10.1. The number of hydrogen-bond donors (Lipinski definition) is 1. The van der Waals surface area contributed by atoms with Crippen LogP contribution in [0.3, 0.4) is 0 Å². The summed E-state index contributed by atoms with van der Waals surface area (Å²) < 4.78 is 13.7. The number of anilines is 1. The molecule has 1 heterocycles. The van der Waals surface area contributed by atoms with E-state index in [1.165, 1.54) is 11.1 Å². The Balaban J connectivity index is 2.42. The fourth-order valence-electron chi connectivity index (χ4n) is 3.17. The summed E-state index contributed by atoms with van der Waals surface area (Å²) >= 11 is 0. The van der Waals surface area contributed by atoms with Gasteiger partial charge in [-0.15, -0.1) is 0 Å². The van der Waals surface area contributed by atoms with E-state index in [1.807, 2.05) is 39.0 Å². The third kappa shape index (κ3) is 5.89. The van der Waals surface area contributed by atoms with Crippen molar-refractivity contribution in [2.45, 2.75) is 67.0 Å². The molecule has 1 aromatic heterocycles. The SMILES string of the molecule is CCn1c(=O)c(OC(C)C)c(OC/C=C(\C)CCC=C(C)C)c2ccc(N)cc21. The highest BCUT2D eigenvalue weighted by molar-refractivity contribution is 5.90. The molecule has 2 N–H and O–H groups in total. The maximum Gasteiger partial charge on any atom is 0.297 e. The Labute approximate surface area is 173 Å². The Kier molecular flexibility index (Phi) is 7.94. The maximum atomic E-state index is 13.1. The number of rotatable bonds is 9. The van der Waals surface area contributed by atoms with Gasteiger partial charge in [0, 0.05) is 17.6 Å². The van der Waals surface area contributed by atoms with Crippen molar-refractivity contribution in [2.75, 3.05) is 12.3 Å². The Bertz CT molecular complexity index is 964. The van der Waals surface area contributed by atoms with Crippen molar-refractivity contribution in [3.63, 3.8) is 0 Å². The molecule has 0 saturated carbocycles. The van der Waals surface area contributed by atoms with E-state index in [0.29, 0.717) is 24.6 Å². The quantitative estimate of drug-likeness (QED) is 0.450. The molecule has 0 unspecified atom stereocenters. The van der Waals surface area contributed by atoms with Gasteiger partial charge in [-0.2, -0.15) is 0 Å². The number of aryl methyl sites for hydroxylation is 1. The predicted octanol–water partition coefficient (Wildman–Crippen LogP) is 5.46. The molecule has 0 atom stereocenters. The van der Waals surface area contributed by atoms with Gasteiger partial charge in [0.25, 0.3) is 5.56 Å². The molecule has 0 radical (unpaired) electrons. The molecule has 2 aromatic rings. The molecule has 0 amide bonds. The molecule has 29 heavy (non-hydrogen) atoms. The van der Waals surface area contributed by atoms with Crippen molar-refractivity contribution in [1.82, 2.24) is 4.57 Å². The van der Waals surface area contributed by atoms with Gasteiger partial charge >= 0.3 is 0 Å². The van der Waals surface area contributed by atoms with Gasteiger partial charge in [0.15, 0.2) is 5.75 Å². The summed E-state index contributed by atoms with van der Waals surface area (Å²) in [7, 11) is 0. The largest absolute Gasteiger partial charge is 0.485 e. The summed E-state index contributed by atoms with van der Waals surface area (Å²) in [6.07, 6.45) is 6.16. The van der Waals surface area contributed by atoms with Crippen molar-refractivity contribution in [1.29, 1.82) is 0 Å². The minimum Gasteiger partial charge on any atom is -0.485 e. The average Bonchev–Trinajstić information content (AvgIpc) is 2.63. The number of nitrogens with two attached hydrogens (primary N) is 1. The van der Waals surface area contributed by atoms with Crippen LogP contribution in [0.1, 0.15) is 54.4 Å². The lowest BCUT2D eigenvalue weighted by Crippen LogP contribution is -2.25. The van der Waals surface area contributed by atoms with Crippen molar-refractivity contribution < 1.29 is 9.47 Å². The molecule has 0 fully saturated rings. The van der Waals surface area contributed by atoms with Gasteiger partial charge in [0.1, 0.15) is 6.61 Å². The number of nitrogen functional groups attached to an aromatic ring is 1. The molecule has 2 rings (SSSR count). The number of pyridine rings is 1. The molecular formula is C24H34N2O3. The van der Waals surface area contributed by atoms with Crippen LogP contribution >= 0.6 is 0 Å². The summed E-state index contributed by atoms with van der Waals surface area (Å²) in [6.45, 7) is 13.0. The van der Waals surface area contributed by atoms with E-state index in [2.05, 4.69) is 32.9 Å². The monoisotopic (exact) mass is 398 g/mol. The lowest BCUT2D eigenvalue weighted by Gasteiger charge is -2.19. The summed E-state index contributed by atoms with van der Waals surface area (Å²) in [5.74, 6) is 0.742.